The Kier molecular flexibility index (Phi) is 5.05. The maximum absolute atomic E-state index is 12.2. The van der Waals surface area contributed by atoms with Gasteiger partial charge in [0.1, 0.15) is 5.82 Å². The fraction of sp³-hybridized carbons (Fsp3) is 0.400. The van der Waals surface area contributed by atoms with E-state index in [1.54, 1.807) is 4.57 Å². The Morgan fingerprint density at radius 1 is 1.14 bits per heavy atom. The molecule has 21 heavy (non-hydrogen) atoms. The zero-order valence-corrected chi connectivity index (χ0v) is 12.7. The Bertz CT molecular complexity index is 665. The molecule has 0 spiro atoms. The molecule has 112 valence electrons. The number of nitrogens with zero attached hydrogens (tertiary/aromatic N) is 3. The minimum Gasteiger partial charge on any atom is -0.289 e. The van der Waals surface area contributed by atoms with Gasteiger partial charge in [-0.05, 0) is 18.9 Å². The van der Waals surface area contributed by atoms with Crippen LogP contribution in [0.15, 0.2) is 29.1 Å². The summed E-state index contributed by atoms with van der Waals surface area (Å²) in [6.07, 6.45) is 0.883. The smallest absolute Gasteiger partial charge is 0.289 e. The van der Waals surface area contributed by atoms with Gasteiger partial charge in [0, 0.05) is 18.7 Å². The number of hydrogen-bond acceptors (Lipinski definition) is 5. The SMILES string of the molecule is CCNNc1nc(-c2ccccc2CC)n(CC)c(=O)n1. The van der Waals surface area contributed by atoms with Crippen LogP contribution in [-0.4, -0.2) is 21.1 Å². The Balaban J connectivity index is 2.59. The zero-order valence-electron chi connectivity index (χ0n) is 12.7. The third-order valence-electron chi connectivity index (χ3n) is 3.23. The van der Waals surface area contributed by atoms with Crippen molar-refractivity contribution in [3.05, 3.63) is 40.3 Å². The van der Waals surface area contributed by atoms with Crippen molar-refractivity contribution in [2.24, 2.45) is 0 Å². The van der Waals surface area contributed by atoms with Crippen LogP contribution in [0.5, 0.6) is 0 Å². The van der Waals surface area contributed by atoms with E-state index in [4.69, 9.17) is 0 Å². The number of anilines is 1. The van der Waals surface area contributed by atoms with Crippen LogP contribution < -0.4 is 16.5 Å². The molecule has 2 rings (SSSR count). The molecule has 0 atom stereocenters. The van der Waals surface area contributed by atoms with Crippen LogP contribution in [0.25, 0.3) is 11.4 Å². The van der Waals surface area contributed by atoms with E-state index in [1.807, 2.05) is 32.0 Å². The van der Waals surface area contributed by atoms with Crippen molar-refractivity contribution in [2.75, 3.05) is 12.0 Å². The third kappa shape index (κ3) is 3.28. The molecular weight excluding hydrogens is 266 g/mol. The molecule has 0 radical (unpaired) electrons. The van der Waals surface area contributed by atoms with Gasteiger partial charge in [0.25, 0.3) is 0 Å². The fourth-order valence-corrected chi connectivity index (χ4v) is 2.19. The number of benzene rings is 1. The van der Waals surface area contributed by atoms with Crippen molar-refractivity contribution < 1.29 is 0 Å². The van der Waals surface area contributed by atoms with Crippen molar-refractivity contribution in [3.8, 4) is 11.4 Å². The molecule has 1 heterocycles. The number of rotatable bonds is 6. The van der Waals surface area contributed by atoms with E-state index in [2.05, 4.69) is 33.8 Å². The van der Waals surface area contributed by atoms with Crippen molar-refractivity contribution in [2.45, 2.75) is 33.7 Å². The first-order chi connectivity index (χ1) is 10.2. The van der Waals surface area contributed by atoms with E-state index < -0.39 is 0 Å². The number of hydrazine groups is 1. The minimum absolute atomic E-state index is 0.297. The molecule has 6 nitrogen and oxygen atoms in total. The Hall–Kier alpha value is -2.21. The van der Waals surface area contributed by atoms with Crippen LogP contribution in [0.3, 0.4) is 0 Å². The van der Waals surface area contributed by atoms with E-state index >= 15 is 0 Å². The predicted molar refractivity (Wildman–Crippen MR) is 84.1 cm³/mol. The summed E-state index contributed by atoms with van der Waals surface area (Å²) in [5, 5.41) is 0. The first kappa shape index (κ1) is 15.2. The van der Waals surface area contributed by atoms with Gasteiger partial charge in [0.15, 0.2) is 0 Å². The summed E-state index contributed by atoms with van der Waals surface area (Å²) in [5.41, 5.74) is 7.60. The van der Waals surface area contributed by atoms with E-state index in [1.165, 1.54) is 0 Å². The number of aromatic nitrogens is 3. The van der Waals surface area contributed by atoms with Gasteiger partial charge in [0.05, 0.1) is 0 Å². The molecule has 2 N–H and O–H groups in total. The van der Waals surface area contributed by atoms with Gasteiger partial charge in [-0.2, -0.15) is 9.97 Å². The van der Waals surface area contributed by atoms with Gasteiger partial charge in [-0.1, -0.05) is 38.1 Å². The lowest BCUT2D eigenvalue weighted by atomic mass is 10.0. The van der Waals surface area contributed by atoms with Crippen molar-refractivity contribution >= 4 is 5.95 Å². The van der Waals surface area contributed by atoms with Gasteiger partial charge in [-0.3, -0.25) is 9.99 Å². The third-order valence-corrected chi connectivity index (χ3v) is 3.23. The topological polar surface area (TPSA) is 71.8 Å². The molecule has 0 unspecified atom stereocenters. The lowest BCUT2D eigenvalue weighted by Gasteiger charge is -2.14. The first-order valence-electron chi connectivity index (χ1n) is 7.27. The van der Waals surface area contributed by atoms with Gasteiger partial charge in [-0.15, -0.1) is 0 Å². The Morgan fingerprint density at radius 3 is 2.57 bits per heavy atom. The molecule has 1 aromatic carbocycles. The van der Waals surface area contributed by atoms with Gasteiger partial charge < -0.3 is 0 Å². The first-order valence-corrected chi connectivity index (χ1v) is 7.27. The van der Waals surface area contributed by atoms with Crippen LogP contribution >= 0.6 is 0 Å². The minimum atomic E-state index is -0.297. The molecular formula is C15H21N5O. The second-order valence-corrected chi connectivity index (χ2v) is 4.56. The molecule has 0 amide bonds. The number of hydrogen-bond donors (Lipinski definition) is 2. The van der Waals surface area contributed by atoms with E-state index in [9.17, 15) is 4.79 Å². The van der Waals surface area contributed by atoms with Crippen molar-refractivity contribution in [3.63, 3.8) is 0 Å². The quantitative estimate of drug-likeness (QED) is 0.793. The maximum atomic E-state index is 12.2. The molecule has 0 bridgehead atoms. The molecule has 0 aliphatic rings. The van der Waals surface area contributed by atoms with Crippen molar-refractivity contribution in [1.82, 2.24) is 20.0 Å². The zero-order chi connectivity index (χ0) is 15.2. The van der Waals surface area contributed by atoms with E-state index in [-0.39, 0.29) is 5.69 Å². The number of aryl methyl sites for hydroxylation is 1. The van der Waals surface area contributed by atoms with E-state index in [0.717, 1.165) is 17.5 Å². The fourth-order valence-electron chi connectivity index (χ4n) is 2.19. The summed E-state index contributed by atoms with van der Waals surface area (Å²) in [6, 6.07) is 8.00. The molecule has 6 heteroatoms. The summed E-state index contributed by atoms with van der Waals surface area (Å²) in [4.78, 5) is 20.6. The lowest BCUT2D eigenvalue weighted by Crippen LogP contribution is -2.30. The normalized spacial score (nSPS) is 10.6. The monoisotopic (exact) mass is 287 g/mol. The average Bonchev–Trinajstić information content (AvgIpc) is 2.52. The van der Waals surface area contributed by atoms with Crippen LogP contribution in [-0.2, 0) is 13.0 Å². The van der Waals surface area contributed by atoms with Crippen molar-refractivity contribution in [1.29, 1.82) is 0 Å². The summed E-state index contributed by atoms with van der Waals surface area (Å²) >= 11 is 0. The van der Waals surface area contributed by atoms with Crippen LogP contribution in [0, 0.1) is 0 Å². The molecule has 0 aliphatic heterocycles. The number of nitrogens with one attached hydrogen (secondary N) is 2. The highest BCUT2D eigenvalue weighted by molar-refractivity contribution is 5.61. The Morgan fingerprint density at radius 2 is 1.90 bits per heavy atom. The largest absolute Gasteiger partial charge is 0.352 e. The summed E-state index contributed by atoms with van der Waals surface area (Å²) in [7, 11) is 0. The molecule has 0 fully saturated rings. The Labute approximate surface area is 124 Å². The highest BCUT2D eigenvalue weighted by Crippen LogP contribution is 2.22. The molecule has 0 saturated heterocycles. The second kappa shape index (κ2) is 6.99. The summed E-state index contributed by atoms with van der Waals surface area (Å²) < 4.78 is 1.59. The predicted octanol–water partition coefficient (Wildman–Crippen LogP) is 1.82. The van der Waals surface area contributed by atoms with Gasteiger partial charge in [-0.25, -0.2) is 10.2 Å². The highest BCUT2D eigenvalue weighted by atomic mass is 16.1. The summed E-state index contributed by atoms with van der Waals surface area (Å²) in [6.45, 7) is 7.20. The van der Waals surface area contributed by atoms with E-state index in [0.29, 0.717) is 24.9 Å². The van der Waals surface area contributed by atoms with Gasteiger partial charge in [0.2, 0.25) is 5.95 Å². The van der Waals surface area contributed by atoms with Crippen LogP contribution in [0.2, 0.25) is 0 Å². The van der Waals surface area contributed by atoms with Crippen LogP contribution in [0.1, 0.15) is 26.3 Å². The highest BCUT2D eigenvalue weighted by Gasteiger charge is 2.13. The lowest BCUT2D eigenvalue weighted by molar-refractivity contribution is 0.681. The molecule has 2 aromatic rings. The standard InChI is InChI=1S/C15H21N5O/c1-4-11-9-7-8-10-12(11)13-17-14(19-16-5-2)18-15(21)20(13)6-3/h7-10,16H,4-6H2,1-3H3,(H,18,19,21). The van der Waals surface area contributed by atoms with Crippen LogP contribution in [0.4, 0.5) is 5.95 Å². The van der Waals surface area contributed by atoms with Gasteiger partial charge >= 0.3 is 5.69 Å². The molecule has 0 saturated carbocycles. The average molecular weight is 287 g/mol. The maximum Gasteiger partial charge on any atom is 0.352 e. The molecule has 1 aromatic heterocycles. The summed E-state index contributed by atoms with van der Waals surface area (Å²) in [5.74, 6) is 0.947. The second-order valence-electron chi connectivity index (χ2n) is 4.56. The molecule has 0 aliphatic carbocycles.